The van der Waals surface area contributed by atoms with E-state index in [9.17, 15) is 9.46 Å². The molecule has 0 saturated carbocycles. The first kappa shape index (κ1) is 15.2. The normalized spacial score (nSPS) is 12.7. The average molecular weight is 234 g/mol. The molecule has 3 heteroatoms. The summed E-state index contributed by atoms with van der Waals surface area (Å²) in [4.78, 5) is 9.70. The van der Waals surface area contributed by atoms with E-state index in [1.165, 1.54) is 0 Å². The Kier molecular flexibility index (Phi) is 7.56. The molecule has 0 aliphatic carbocycles. The van der Waals surface area contributed by atoms with Crippen molar-refractivity contribution in [1.82, 2.24) is 0 Å². The van der Waals surface area contributed by atoms with Gasteiger partial charge < -0.3 is 4.89 Å². The van der Waals surface area contributed by atoms with Gasteiger partial charge in [0.1, 0.15) is 0 Å². The van der Waals surface area contributed by atoms with Crippen molar-refractivity contribution < 1.29 is 9.46 Å². The molecule has 0 aromatic carbocycles. The van der Waals surface area contributed by atoms with Crippen molar-refractivity contribution in [3.63, 3.8) is 0 Å². The summed E-state index contributed by atoms with van der Waals surface area (Å²) in [5.41, 5.74) is 0. The molecule has 0 bridgehead atoms. The van der Waals surface area contributed by atoms with Crippen molar-refractivity contribution in [2.24, 2.45) is 11.8 Å². The van der Waals surface area contributed by atoms with E-state index in [1.54, 1.807) is 0 Å². The van der Waals surface area contributed by atoms with Crippen LogP contribution in [0, 0.1) is 11.8 Å². The van der Waals surface area contributed by atoms with E-state index in [1.807, 2.05) is 0 Å². The van der Waals surface area contributed by atoms with Crippen molar-refractivity contribution in [2.45, 2.75) is 53.4 Å². The third-order valence-corrected chi connectivity index (χ3v) is 4.61. The van der Waals surface area contributed by atoms with E-state index in [0.29, 0.717) is 24.2 Å². The van der Waals surface area contributed by atoms with Crippen molar-refractivity contribution in [3.05, 3.63) is 0 Å². The van der Waals surface area contributed by atoms with Gasteiger partial charge in [-0.05, 0) is 24.7 Å². The van der Waals surface area contributed by atoms with Crippen LogP contribution in [0.5, 0.6) is 0 Å². The molecule has 0 rings (SSSR count). The summed E-state index contributed by atoms with van der Waals surface area (Å²) in [6.07, 6.45) is 4.95. The molecule has 0 aliphatic heterocycles. The Balaban J connectivity index is 3.63. The first-order valence-corrected chi connectivity index (χ1v) is 8.17. The number of hydrogen-bond donors (Lipinski definition) is 1. The molecule has 0 fully saturated rings. The van der Waals surface area contributed by atoms with Crippen LogP contribution in [-0.2, 0) is 4.57 Å². The summed E-state index contributed by atoms with van der Waals surface area (Å²) >= 11 is 0. The van der Waals surface area contributed by atoms with Gasteiger partial charge in [-0.25, -0.2) is 0 Å². The van der Waals surface area contributed by atoms with Crippen LogP contribution in [0.25, 0.3) is 0 Å². The molecule has 0 aromatic rings. The first-order valence-electron chi connectivity index (χ1n) is 6.14. The summed E-state index contributed by atoms with van der Waals surface area (Å²) in [5.74, 6) is 1.28. The van der Waals surface area contributed by atoms with E-state index >= 15 is 0 Å². The molecule has 0 saturated heterocycles. The second-order valence-corrected chi connectivity index (χ2v) is 7.95. The lowest BCUT2D eigenvalue weighted by molar-refractivity contribution is 0.463. The van der Waals surface area contributed by atoms with Crippen LogP contribution in [0.15, 0.2) is 0 Å². The van der Waals surface area contributed by atoms with Crippen LogP contribution in [0.1, 0.15) is 53.4 Å². The van der Waals surface area contributed by atoms with Gasteiger partial charge in [-0.1, -0.05) is 40.5 Å². The Hall–Kier alpha value is 0.190. The lowest BCUT2D eigenvalue weighted by Crippen LogP contribution is -1.99. The standard InChI is InChI=1S/C12H27O2P/c1-11(2)7-5-9-15(13,14)10-6-8-12(3)4/h11-12H,5-10H2,1-4H3,(H,13,14). The number of rotatable bonds is 8. The highest BCUT2D eigenvalue weighted by Gasteiger charge is 2.17. The Morgan fingerprint density at radius 3 is 1.53 bits per heavy atom. The van der Waals surface area contributed by atoms with Crippen LogP contribution in [0.3, 0.4) is 0 Å². The average Bonchev–Trinajstić information content (AvgIpc) is 2.01. The van der Waals surface area contributed by atoms with Crippen LogP contribution >= 0.6 is 7.37 Å². The van der Waals surface area contributed by atoms with Gasteiger partial charge in [0, 0.05) is 12.3 Å². The zero-order valence-corrected chi connectivity index (χ0v) is 11.6. The van der Waals surface area contributed by atoms with Crippen molar-refractivity contribution in [3.8, 4) is 0 Å². The molecule has 92 valence electrons. The fourth-order valence-electron chi connectivity index (χ4n) is 1.61. The SMILES string of the molecule is CC(C)CCCP(=O)(O)CCCC(C)C. The fraction of sp³-hybridized carbons (Fsp3) is 1.00. The van der Waals surface area contributed by atoms with E-state index in [0.717, 1.165) is 25.7 Å². The van der Waals surface area contributed by atoms with Crippen LogP contribution in [-0.4, -0.2) is 17.2 Å². The quantitative estimate of drug-likeness (QED) is 0.641. The summed E-state index contributed by atoms with van der Waals surface area (Å²) in [5, 5.41) is 0. The summed E-state index contributed by atoms with van der Waals surface area (Å²) in [7, 11) is -2.80. The van der Waals surface area contributed by atoms with Crippen LogP contribution < -0.4 is 0 Å². The molecular weight excluding hydrogens is 207 g/mol. The zero-order valence-electron chi connectivity index (χ0n) is 10.7. The van der Waals surface area contributed by atoms with Gasteiger partial charge in [-0.3, -0.25) is 4.57 Å². The van der Waals surface area contributed by atoms with Gasteiger partial charge in [0.25, 0.3) is 0 Å². The topological polar surface area (TPSA) is 37.3 Å². The van der Waals surface area contributed by atoms with E-state index in [2.05, 4.69) is 27.7 Å². The highest BCUT2D eigenvalue weighted by atomic mass is 31.2. The van der Waals surface area contributed by atoms with Crippen molar-refractivity contribution >= 4 is 7.37 Å². The second-order valence-electron chi connectivity index (χ2n) is 5.37. The van der Waals surface area contributed by atoms with Gasteiger partial charge in [-0.2, -0.15) is 0 Å². The Bertz CT molecular complexity index is 182. The predicted octanol–water partition coefficient (Wildman–Crippen LogP) is 4.13. The first-order chi connectivity index (χ1) is 6.83. The van der Waals surface area contributed by atoms with Gasteiger partial charge in [0.05, 0.1) is 0 Å². The minimum absolute atomic E-state index is 0.517. The lowest BCUT2D eigenvalue weighted by atomic mass is 10.1. The molecule has 2 nitrogen and oxygen atoms in total. The van der Waals surface area contributed by atoms with Crippen molar-refractivity contribution in [1.29, 1.82) is 0 Å². The maximum absolute atomic E-state index is 11.7. The highest BCUT2D eigenvalue weighted by Crippen LogP contribution is 2.42. The van der Waals surface area contributed by atoms with E-state index in [-0.39, 0.29) is 0 Å². The molecule has 15 heavy (non-hydrogen) atoms. The van der Waals surface area contributed by atoms with Gasteiger partial charge in [0.2, 0.25) is 7.37 Å². The minimum Gasteiger partial charge on any atom is -0.344 e. The largest absolute Gasteiger partial charge is 0.344 e. The molecule has 0 unspecified atom stereocenters. The molecule has 0 atom stereocenters. The third kappa shape index (κ3) is 10.5. The summed E-state index contributed by atoms with van der Waals surface area (Å²) < 4.78 is 11.7. The van der Waals surface area contributed by atoms with Crippen LogP contribution in [0.4, 0.5) is 0 Å². The summed E-state index contributed by atoms with van der Waals surface area (Å²) in [6, 6.07) is 0. The van der Waals surface area contributed by atoms with E-state index in [4.69, 9.17) is 0 Å². The monoisotopic (exact) mass is 234 g/mol. The van der Waals surface area contributed by atoms with Gasteiger partial charge >= 0.3 is 0 Å². The zero-order chi connectivity index (χ0) is 11.9. The Labute approximate surface area is 94.9 Å². The predicted molar refractivity (Wildman–Crippen MR) is 67.7 cm³/mol. The molecule has 0 aliphatic rings. The lowest BCUT2D eigenvalue weighted by Gasteiger charge is -2.13. The third-order valence-electron chi connectivity index (χ3n) is 2.58. The molecule has 0 radical (unpaired) electrons. The fourth-order valence-corrected chi connectivity index (χ4v) is 3.18. The van der Waals surface area contributed by atoms with Gasteiger partial charge in [0.15, 0.2) is 0 Å². The summed E-state index contributed by atoms with van der Waals surface area (Å²) in [6.45, 7) is 8.62. The van der Waals surface area contributed by atoms with E-state index < -0.39 is 7.37 Å². The number of hydrogen-bond acceptors (Lipinski definition) is 1. The minimum atomic E-state index is -2.80. The highest BCUT2D eigenvalue weighted by molar-refractivity contribution is 7.57. The van der Waals surface area contributed by atoms with Gasteiger partial charge in [-0.15, -0.1) is 0 Å². The molecule has 0 amide bonds. The Morgan fingerprint density at radius 1 is 0.933 bits per heavy atom. The van der Waals surface area contributed by atoms with Crippen LogP contribution in [0.2, 0.25) is 0 Å². The maximum atomic E-state index is 11.7. The molecular formula is C12H27O2P. The smallest absolute Gasteiger partial charge is 0.200 e. The second kappa shape index (κ2) is 7.46. The molecule has 0 heterocycles. The molecule has 1 N–H and O–H groups in total. The maximum Gasteiger partial charge on any atom is 0.200 e. The van der Waals surface area contributed by atoms with Crippen molar-refractivity contribution in [2.75, 3.05) is 12.3 Å². The Morgan fingerprint density at radius 2 is 1.27 bits per heavy atom. The molecule has 0 aromatic heterocycles. The molecule has 0 spiro atoms.